The maximum absolute atomic E-state index is 11.3. The van der Waals surface area contributed by atoms with Gasteiger partial charge in [-0.1, -0.05) is 6.58 Å². The SMILES string of the molecule is C=C(C)C(=O)NCCCc1cnc2cc(C)[nH]n12. The fourth-order valence-corrected chi connectivity index (χ4v) is 1.84. The van der Waals surface area contributed by atoms with E-state index in [1.165, 1.54) is 0 Å². The van der Waals surface area contributed by atoms with Crippen LogP contribution in [-0.4, -0.2) is 27.0 Å². The van der Waals surface area contributed by atoms with E-state index in [-0.39, 0.29) is 5.91 Å². The number of rotatable bonds is 5. The first kappa shape index (κ1) is 12.4. The molecule has 96 valence electrons. The van der Waals surface area contributed by atoms with Crippen molar-refractivity contribution in [2.75, 3.05) is 6.54 Å². The van der Waals surface area contributed by atoms with Crippen molar-refractivity contribution in [1.29, 1.82) is 0 Å². The number of nitrogens with one attached hydrogen (secondary N) is 2. The molecule has 0 atom stereocenters. The van der Waals surface area contributed by atoms with Crippen molar-refractivity contribution in [3.63, 3.8) is 0 Å². The van der Waals surface area contributed by atoms with E-state index in [4.69, 9.17) is 0 Å². The van der Waals surface area contributed by atoms with Crippen LogP contribution in [0.1, 0.15) is 24.7 Å². The molecular formula is C13H18N4O. The van der Waals surface area contributed by atoms with Gasteiger partial charge in [0.25, 0.3) is 0 Å². The summed E-state index contributed by atoms with van der Waals surface area (Å²) in [7, 11) is 0. The van der Waals surface area contributed by atoms with Crippen LogP contribution in [0.25, 0.3) is 5.65 Å². The van der Waals surface area contributed by atoms with E-state index < -0.39 is 0 Å². The van der Waals surface area contributed by atoms with Crippen molar-refractivity contribution < 1.29 is 4.79 Å². The second-order valence-electron chi connectivity index (χ2n) is 4.52. The van der Waals surface area contributed by atoms with Crippen LogP contribution in [0, 0.1) is 6.92 Å². The number of aryl methyl sites for hydroxylation is 2. The van der Waals surface area contributed by atoms with Gasteiger partial charge >= 0.3 is 0 Å². The number of carbonyl (C=O) groups is 1. The summed E-state index contributed by atoms with van der Waals surface area (Å²) < 4.78 is 1.98. The van der Waals surface area contributed by atoms with E-state index >= 15 is 0 Å². The lowest BCUT2D eigenvalue weighted by Crippen LogP contribution is -2.25. The molecule has 0 saturated carbocycles. The molecule has 0 aliphatic rings. The van der Waals surface area contributed by atoms with Crippen LogP contribution in [0.2, 0.25) is 0 Å². The lowest BCUT2D eigenvalue weighted by atomic mass is 10.2. The van der Waals surface area contributed by atoms with Crippen molar-refractivity contribution in [1.82, 2.24) is 19.9 Å². The number of aromatic amines is 1. The second-order valence-corrected chi connectivity index (χ2v) is 4.52. The number of amides is 1. The van der Waals surface area contributed by atoms with Crippen LogP contribution in [0.3, 0.4) is 0 Å². The third kappa shape index (κ3) is 2.61. The fourth-order valence-electron chi connectivity index (χ4n) is 1.84. The highest BCUT2D eigenvalue weighted by Crippen LogP contribution is 2.09. The Balaban J connectivity index is 1.87. The molecule has 5 heteroatoms. The first-order valence-electron chi connectivity index (χ1n) is 6.03. The zero-order chi connectivity index (χ0) is 13.1. The number of nitrogens with zero attached hydrogens (tertiary/aromatic N) is 2. The number of fused-ring (bicyclic) bond motifs is 1. The Bertz CT molecular complexity index is 579. The van der Waals surface area contributed by atoms with E-state index in [1.54, 1.807) is 6.92 Å². The zero-order valence-corrected chi connectivity index (χ0v) is 10.8. The Morgan fingerprint density at radius 3 is 3.11 bits per heavy atom. The third-order valence-electron chi connectivity index (χ3n) is 2.78. The first-order chi connectivity index (χ1) is 8.58. The van der Waals surface area contributed by atoms with Gasteiger partial charge in [-0.05, 0) is 26.7 Å². The van der Waals surface area contributed by atoms with E-state index in [0.717, 1.165) is 29.9 Å². The molecular weight excluding hydrogens is 228 g/mol. The quantitative estimate of drug-likeness (QED) is 0.621. The average Bonchev–Trinajstić information content (AvgIpc) is 2.84. The molecule has 0 unspecified atom stereocenters. The minimum atomic E-state index is -0.0795. The molecule has 0 bridgehead atoms. The summed E-state index contributed by atoms with van der Waals surface area (Å²) in [5.74, 6) is -0.0795. The summed E-state index contributed by atoms with van der Waals surface area (Å²) in [5.41, 5.74) is 3.70. The highest BCUT2D eigenvalue weighted by atomic mass is 16.1. The van der Waals surface area contributed by atoms with Crippen LogP contribution in [0.4, 0.5) is 0 Å². The van der Waals surface area contributed by atoms with Gasteiger partial charge in [0.05, 0.1) is 11.9 Å². The summed E-state index contributed by atoms with van der Waals surface area (Å²) in [6.07, 6.45) is 3.62. The Morgan fingerprint density at radius 1 is 1.61 bits per heavy atom. The third-order valence-corrected chi connectivity index (χ3v) is 2.78. The van der Waals surface area contributed by atoms with Gasteiger partial charge in [0.15, 0.2) is 5.65 Å². The molecule has 0 fully saturated rings. The lowest BCUT2D eigenvalue weighted by molar-refractivity contribution is -0.117. The average molecular weight is 246 g/mol. The van der Waals surface area contributed by atoms with Gasteiger partial charge in [-0.15, -0.1) is 0 Å². The van der Waals surface area contributed by atoms with Crippen molar-refractivity contribution in [3.8, 4) is 0 Å². The number of imidazole rings is 1. The Morgan fingerprint density at radius 2 is 2.39 bits per heavy atom. The number of carbonyl (C=O) groups excluding carboxylic acids is 1. The van der Waals surface area contributed by atoms with Gasteiger partial charge in [-0.3, -0.25) is 9.89 Å². The molecule has 2 aromatic rings. The van der Waals surface area contributed by atoms with E-state index in [1.807, 2.05) is 23.7 Å². The minimum absolute atomic E-state index is 0.0795. The monoisotopic (exact) mass is 246 g/mol. The number of aromatic nitrogens is 3. The van der Waals surface area contributed by atoms with Gasteiger partial charge in [-0.2, -0.15) is 0 Å². The molecule has 2 heterocycles. The Kier molecular flexibility index (Phi) is 3.50. The van der Waals surface area contributed by atoms with Gasteiger partial charge in [0.1, 0.15) is 0 Å². The van der Waals surface area contributed by atoms with E-state index in [2.05, 4.69) is 22.0 Å². The molecule has 18 heavy (non-hydrogen) atoms. The molecule has 0 aliphatic heterocycles. The molecule has 2 rings (SSSR count). The van der Waals surface area contributed by atoms with Crippen molar-refractivity contribution in [2.45, 2.75) is 26.7 Å². The van der Waals surface area contributed by atoms with Gasteiger partial charge in [0.2, 0.25) is 5.91 Å². The lowest BCUT2D eigenvalue weighted by Gasteiger charge is -2.04. The zero-order valence-electron chi connectivity index (χ0n) is 10.8. The maximum atomic E-state index is 11.3. The summed E-state index contributed by atoms with van der Waals surface area (Å²) in [6.45, 7) is 7.96. The number of hydrogen-bond donors (Lipinski definition) is 2. The van der Waals surface area contributed by atoms with Crippen LogP contribution in [0.15, 0.2) is 24.4 Å². The highest BCUT2D eigenvalue weighted by Gasteiger charge is 2.05. The standard InChI is InChI=1S/C13H18N4O/c1-9(2)13(18)14-6-4-5-11-8-15-12-7-10(3)16-17(11)12/h7-8,16H,1,4-6H2,2-3H3,(H,14,18). The Hall–Kier alpha value is -2.04. The van der Waals surface area contributed by atoms with Crippen LogP contribution >= 0.6 is 0 Å². The maximum Gasteiger partial charge on any atom is 0.246 e. The topological polar surface area (TPSA) is 62.2 Å². The predicted octanol–water partition coefficient (Wildman–Crippen LogP) is 1.60. The molecule has 0 radical (unpaired) electrons. The van der Waals surface area contributed by atoms with Crippen molar-refractivity contribution in [3.05, 3.63) is 35.8 Å². The molecule has 2 N–H and O–H groups in total. The van der Waals surface area contributed by atoms with Crippen molar-refractivity contribution in [2.24, 2.45) is 0 Å². The molecule has 1 amide bonds. The number of H-pyrrole nitrogens is 1. The molecule has 0 saturated heterocycles. The summed E-state index contributed by atoms with van der Waals surface area (Å²) in [4.78, 5) is 15.6. The van der Waals surface area contributed by atoms with Gasteiger partial charge in [0, 0.05) is 23.9 Å². The van der Waals surface area contributed by atoms with E-state index in [0.29, 0.717) is 12.1 Å². The van der Waals surface area contributed by atoms with E-state index in [9.17, 15) is 4.79 Å². The van der Waals surface area contributed by atoms with Crippen LogP contribution in [-0.2, 0) is 11.2 Å². The summed E-state index contributed by atoms with van der Waals surface area (Å²) in [6, 6.07) is 2.01. The predicted molar refractivity (Wildman–Crippen MR) is 70.4 cm³/mol. The second kappa shape index (κ2) is 5.08. The first-order valence-corrected chi connectivity index (χ1v) is 6.03. The minimum Gasteiger partial charge on any atom is -0.352 e. The molecule has 2 aromatic heterocycles. The number of hydrogen-bond acceptors (Lipinski definition) is 2. The fraction of sp³-hybridized carbons (Fsp3) is 0.385. The molecule has 0 aromatic carbocycles. The molecule has 5 nitrogen and oxygen atoms in total. The Labute approximate surface area is 106 Å². The highest BCUT2D eigenvalue weighted by molar-refractivity contribution is 5.91. The van der Waals surface area contributed by atoms with Crippen LogP contribution in [0.5, 0.6) is 0 Å². The molecule has 0 aliphatic carbocycles. The van der Waals surface area contributed by atoms with Crippen molar-refractivity contribution >= 4 is 11.6 Å². The smallest absolute Gasteiger partial charge is 0.246 e. The van der Waals surface area contributed by atoms with Gasteiger partial charge in [-0.25, -0.2) is 9.50 Å². The van der Waals surface area contributed by atoms with Crippen LogP contribution < -0.4 is 5.32 Å². The normalized spacial score (nSPS) is 10.8. The molecule has 0 spiro atoms. The summed E-state index contributed by atoms with van der Waals surface area (Å²) >= 11 is 0. The van der Waals surface area contributed by atoms with Gasteiger partial charge < -0.3 is 5.32 Å². The largest absolute Gasteiger partial charge is 0.352 e. The summed E-state index contributed by atoms with van der Waals surface area (Å²) in [5, 5.41) is 6.05.